The second-order valence-corrected chi connectivity index (χ2v) is 7.08. The second-order valence-electron chi connectivity index (χ2n) is 7.08. The number of fused-ring (bicyclic) bond motifs is 3. The predicted octanol–water partition coefficient (Wildman–Crippen LogP) is 5.38. The third-order valence-corrected chi connectivity index (χ3v) is 5.22. The van der Waals surface area contributed by atoms with Gasteiger partial charge in [0.15, 0.2) is 0 Å². The van der Waals surface area contributed by atoms with E-state index in [4.69, 9.17) is 9.84 Å². The summed E-state index contributed by atoms with van der Waals surface area (Å²) in [6.07, 6.45) is 0.360. The molecule has 27 heavy (non-hydrogen) atoms. The van der Waals surface area contributed by atoms with Gasteiger partial charge in [0, 0.05) is 17.5 Å². The zero-order valence-electron chi connectivity index (χ0n) is 15.0. The smallest absolute Gasteiger partial charge is 0.213 e. The lowest BCUT2D eigenvalue weighted by Crippen LogP contribution is -2.33. The Morgan fingerprint density at radius 1 is 1.00 bits per heavy atom. The Kier molecular flexibility index (Phi) is 3.71. The monoisotopic (exact) mass is 358 g/mol. The van der Waals surface area contributed by atoms with Crippen molar-refractivity contribution in [2.45, 2.75) is 25.6 Å². The van der Waals surface area contributed by atoms with Crippen LogP contribution in [0.2, 0.25) is 0 Å². The van der Waals surface area contributed by atoms with Crippen LogP contribution in [0.3, 0.4) is 0 Å². The van der Waals surface area contributed by atoms with Crippen LogP contribution in [0, 0.1) is 12.7 Å². The quantitative estimate of drug-likeness (QED) is 0.615. The van der Waals surface area contributed by atoms with Crippen LogP contribution in [0.15, 0.2) is 77.9 Å². The number of halogens is 1. The molecule has 2 aliphatic rings. The first-order chi connectivity index (χ1) is 13.2. The van der Waals surface area contributed by atoms with Crippen LogP contribution in [0.5, 0.6) is 5.75 Å². The molecule has 0 saturated heterocycles. The lowest BCUT2D eigenvalue weighted by molar-refractivity contribution is -0.0192. The largest absolute Gasteiger partial charge is 0.464 e. The maximum atomic E-state index is 13.8. The van der Waals surface area contributed by atoms with Gasteiger partial charge in [0.25, 0.3) is 0 Å². The summed E-state index contributed by atoms with van der Waals surface area (Å²) in [6, 6.07) is 23.1. The predicted molar refractivity (Wildman–Crippen MR) is 103 cm³/mol. The third-order valence-electron chi connectivity index (χ3n) is 5.22. The van der Waals surface area contributed by atoms with Crippen LogP contribution < -0.4 is 4.74 Å². The van der Waals surface area contributed by atoms with E-state index >= 15 is 0 Å². The van der Waals surface area contributed by atoms with Crippen LogP contribution >= 0.6 is 0 Å². The Bertz CT molecular complexity index is 1030. The van der Waals surface area contributed by atoms with Crippen molar-refractivity contribution in [1.29, 1.82) is 0 Å². The van der Waals surface area contributed by atoms with E-state index in [9.17, 15) is 4.39 Å². The van der Waals surface area contributed by atoms with Crippen LogP contribution in [0.25, 0.3) is 0 Å². The van der Waals surface area contributed by atoms with Crippen LogP contribution in [0.1, 0.15) is 40.9 Å². The summed E-state index contributed by atoms with van der Waals surface area (Å²) in [6.45, 7) is 2.08. The molecule has 5 rings (SSSR count). The average molecular weight is 358 g/mol. The SMILES string of the molecule is Cc1ccc(C2=NN3[C@H](C2)c2ccccc2O[C@@H]3c2cccc(F)c2)cc1. The molecule has 4 heteroatoms. The number of para-hydroxylation sites is 1. The van der Waals surface area contributed by atoms with Gasteiger partial charge in [-0.3, -0.25) is 0 Å². The van der Waals surface area contributed by atoms with Gasteiger partial charge in [-0.15, -0.1) is 0 Å². The van der Waals surface area contributed by atoms with E-state index in [1.54, 1.807) is 6.07 Å². The Morgan fingerprint density at radius 3 is 2.63 bits per heavy atom. The number of hydrogen-bond donors (Lipinski definition) is 0. The first-order valence-corrected chi connectivity index (χ1v) is 9.13. The summed E-state index contributed by atoms with van der Waals surface area (Å²) in [5.41, 5.74) is 5.26. The molecular formula is C23H19FN2O. The molecule has 0 aromatic heterocycles. The van der Waals surface area contributed by atoms with E-state index in [-0.39, 0.29) is 11.9 Å². The number of rotatable bonds is 2. The average Bonchev–Trinajstić information content (AvgIpc) is 3.13. The maximum Gasteiger partial charge on any atom is 0.213 e. The summed E-state index contributed by atoms with van der Waals surface area (Å²) in [4.78, 5) is 0. The van der Waals surface area contributed by atoms with Gasteiger partial charge in [-0.1, -0.05) is 60.2 Å². The number of benzene rings is 3. The summed E-state index contributed by atoms with van der Waals surface area (Å²) in [7, 11) is 0. The van der Waals surface area contributed by atoms with Crippen molar-refractivity contribution in [3.05, 3.63) is 101 Å². The molecule has 0 spiro atoms. The van der Waals surface area contributed by atoms with Gasteiger partial charge in [-0.2, -0.15) is 5.10 Å². The fourth-order valence-corrected chi connectivity index (χ4v) is 3.83. The highest BCUT2D eigenvalue weighted by Crippen LogP contribution is 2.47. The van der Waals surface area contributed by atoms with Crippen LogP contribution in [-0.4, -0.2) is 10.7 Å². The minimum absolute atomic E-state index is 0.0829. The standard InChI is InChI=1S/C23H19FN2O/c1-15-9-11-16(12-10-15)20-14-21-19-7-2-3-8-22(19)27-23(26(21)25-20)17-5-4-6-18(24)13-17/h2-13,21,23H,14H2,1H3/t21-,23-/m1/s1. The number of aryl methyl sites for hydroxylation is 1. The Hall–Kier alpha value is -3.14. The van der Waals surface area contributed by atoms with Crippen molar-refractivity contribution in [3.8, 4) is 5.75 Å². The lowest BCUT2D eigenvalue weighted by atomic mass is 9.95. The van der Waals surface area contributed by atoms with E-state index in [0.29, 0.717) is 0 Å². The molecule has 3 aromatic rings. The van der Waals surface area contributed by atoms with Gasteiger partial charge in [-0.05, 0) is 30.7 Å². The Morgan fingerprint density at radius 2 is 1.81 bits per heavy atom. The van der Waals surface area contributed by atoms with E-state index in [1.807, 2.05) is 29.3 Å². The highest BCUT2D eigenvalue weighted by molar-refractivity contribution is 6.02. The molecule has 0 amide bonds. The van der Waals surface area contributed by atoms with Gasteiger partial charge < -0.3 is 4.74 Å². The summed E-state index contributed by atoms with van der Waals surface area (Å²) >= 11 is 0. The Balaban J connectivity index is 1.60. The van der Waals surface area contributed by atoms with E-state index in [0.717, 1.165) is 34.6 Å². The van der Waals surface area contributed by atoms with Gasteiger partial charge in [0.05, 0.1) is 11.8 Å². The van der Waals surface area contributed by atoms with Crippen molar-refractivity contribution in [1.82, 2.24) is 5.01 Å². The van der Waals surface area contributed by atoms with Crippen molar-refractivity contribution >= 4 is 5.71 Å². The van der Waals surface area contributed by atoms with E-state index < -0.39 is 6.23 Å². The molecule has 0 aliphatic carbocycles. The fraction of sp³-hybridized carbons (Fsp3) is 0.174. The van der Waals surface area contributed by atoms with Gasteiger partial charge in [-0.25, -0.2) is 9.40 Å². The molecule has 0 bridgehead atoms. The maximum absolute atomic E-state index is 13.8. The fourth-order valence-electron chi connectivity index (χ4n) is 3.83. The zero-order valence-corrected chi connectivity index (χ0v) is 15.0. The van der Waals surface area contributed by atoms with E-state index in [2.05, 4.69) is 37.3 Å². The molecule has 2 heterocycles. The highest BCUT2D eigenvalue weighted by Gasteiger charge is 2.40. The molecule has 0 unspecified atom stereocenters. The van der Waals surface area contributed by atoms with Crippen molar-refractivity contribution in [2.24, 2.45) is 5.10 Å². The molecule has 2 aliphatic heterocycles. The topological polar surface area (TPSA) is 24.8 Å². The minimum atomic E-state index is -0.441. The van der Waals surface area contributed by atoms with Gasteiger partial charge >= 0.3 is 0 Å². The van der Waals surface area contributed by atoms with Crippen molar-refractivity contribution in [2.75, 3.05) is 0 Å². The highest BCUT2D eigenvalue weighted by atomic mass is 19.1. The molecule has 3 aromatic carbocycles. The van der Waals surface area contributed by atoms with Crippen molar-refractivity contribution < 1.29 is 9.13 Å². The lowest BCUT2D eigenvalue weighted by Gasteiger charge is -2.38. The number of nitrogens with zero attached hydrogens (tertiary/aromatic N) is 2. The van der Waals surface area contributed by atoms with Crippen molar-refractivity contribution in [3.63, 3.8) is 0 Å². The normalized spacial score (nSPS) is 20.5. The van der Waals surface area contributed by atoms with Gasteiger partial charge in [0.2, 0.25) is 6.23 Å². The molecule has 0 fully saturated rings. The summed E-state index contributed by atoms with van der Waals surface area (Å²) in [5.74, 6) is 0.571. The second kappa shape index (κ2) is 6.23. The minimum Gasteiger partial charge on any atom is -0.464 e. The van der Waals surface area contributed by atoms with E-state index in [1.165, 1.54) is 17.7 Å². The molecule has 134 valence electrons. The number of hydrogen-bond acceptors (Lipinski definition) is 3. The molecule has 0 N–H and O–H groups in total. The first-order valence-electron chi connectivity index (χ1n) is 9.13. The zero-order chi connectivity index (χ0) is 18.4. The molecule has 0 saturated carbocycles. The molecular weight excluding hydrogens is 339 g/mol. The third kappa shape index (κ3) is 2.78. The number of ether oxygens (including phenoxy) is 1. The molecule has 2 atom stereocenters. The first kappa shape index (κ1) is 16.1. The number of hydrazone groups is 1. The molecule has 3 nitrogen and oxygen atoms in total. The van der Waals surface area contributed by atoms with Crippen LogP contribution in [0.4, 0.5) is 4.39 Å². The van der Waals surface area contributed by atoms with Gasteiger partial charge in [0.1, 0.15) is 11.6 Å². The Labute approximate surface area is 157 Å². The molecule has 0 radical (unpaired) electrons. The summed E-state index contributed by atoms with van der Waals surface area (Å²) in [5, 5.41) is 6.88. The van der Waals surface area contributed by atoms with Crippen LogP contribution in [-0.2, 0) is 0 Å². The summed E-state index contributed by atoms with van der Waals surface area (Å²) < 4.78 is 20.1.